The van der Waals surface area contributed by atoms with Crippen molar-refractivity contribution in [3.05, 3.63) is 0 Å². The average molecular weight is 273 g/mol. The number of rotatable bonds is 6. The van der Waals surface area contributed by atoms with Crippen LogP contribution in [0.25, 0.3) is 0 Å². The molecule has 0 aromatic carbocycles. The lowest BCUT2D eigenvalue weighted by molar-refractivity contribution is 0.213. The summed E-state index contributed by atoms with van der Waals surface area (Å²) in [5.41, 5.74) is 0.249. The zero-order valence-electron chi connectivity index (χ0n) is 11.9. The maximum absolute atomic E-state index is 6.22. The highest BCUT2D eigenvalue weighted by Crippen LogP contribution is 2.32. The lowest BCUT2D eigenvalue weighted by atomic mass is 9.78. The zero-order valence-corrected chi connectivity index (χ0v) is 12.6. The Bertz CT molecular complexity index is 231. The predicted molar refractivity (Wildman–Crippen MR) is 79.4 cm³/mol. The highest BCUT2D eigenvalue weighted by Gasteiger charge is 2.32. The SMILES string of the molecule is CC1CCC(CCl)(NCCCN2CCCC2)CC1. The third-order valence-electron chi connectivity index (χ3n) is 4.84. The Kier molecular flexibility index (Phi) is 5.78. The summed E-state index contributed by atoms with van der Waals surface area (Å²) in [6, 6.07) is 0. The van der Waals surface area contributed by atoms with E-state index in [1.807, 2.05) is 0 Å². The van der Waals surface area contributed by atoms with Crippen LogP contribution >= 0.6 is 11.6 Å². The molecule has 1 saturated heterocycles. The first-order chi connectivity index (χ1) is 8.74. The van der Waals surface area contributed by atoms with Crippen LogP contribution in [0.15, 0.2) is 0 Å². The monoisotopic (exact) mass is 272 g/mol. The molecule has 106 valence electrons. The van der Waals surface area contributed by atoms with E-state index in [-0.39, 0.29) is 5.54 Å². The van der Waals surface area contributed by atoms with Crippen LogP contribution in [-0.2, 0) is 0 Å². The van der Waals surface area contributed by atoms with Gasteiger partial charge < -0.3 is 10.2 Å². The van der Waals surface area contributed by atoms with Gasteiger partial charge in [0, 0.05) is 11.4 Å². The van der Waals surface area contributed by atoms with Gasteiger partial charge in [0.1, 0.15) is 0 Å². The molecule has 3 heteroatoms. The van der Waals surface area contributed by atoms with E-state index in [1.54, 1.807) is 0 Å². The molecule has 0 atom stereocenters. The maximum atomic E-state index is 6.22. The standard InChI is InChI=1S/C15H29ClN2/c1-14-5-7-15(13-16,8-6-14)17-9-4-12-18-10-2-3-11-18/h14,17H,2-13H2,1H3. The summed E-state index contributed by atoms with van der Waals surface area (Å²) < 4.78 is 0. The van der Waals surface area contributed by atoms with Gasteiger partial charge in [0.15, 0.2) is 0 Å². The van der Waals surface area contributed by atoms with E-state index in [0.29, 0.717) is 0 Å². The average Bonchev–Trinajstić information content (AvgIpc) is 2.90. The minimum atomic E-state index is 0.249. The Hall–Kier alpha value is 0.210. The van der Waals surface area contributed by atoms with Crippen LogP contribution in [0.3, 0.4) is 0 Å². The molecule has 0 aromatic heterocycles. The third-order valence-corrected chi connectivity index (χ3v) is 5.35. The summed E-state index contributed by atoms with van der Waals surface area (Å²) in [7, 11) is 0. The van der Waals surface area contributed by atoms with Gasteiger partial charge in [-0.15, -0.1) is 11.6 Å². The first kappa shape index (κ1) is 14.6. The molecule has 0 aromatic rings. The Balaban J connectivity index is 1.64. The molecule has 0 amide bonds. The summed E-state index contributed by atoms with van der Waals surface area (Å²) in [5.74, 6) is 1.68. The molecule has 0 spiro atoms. The summed E-state index contributed by atoms with van der Waals surface area (Å²) in [4.78, 5) is 2.60. The number of hydrogen-bond acceptors (Lipinski definition) is 2. The van der Waals surface area contributed by atoms with Crippen molar-refractivity contribution in [2.24, 2.45) is 5.92 Å². The molecular weight excluding hydrogens is 244 g/mol. The minimum absolute atomic E-state index is 0.249. The van der Waals surface area contributed by atoms with Crippen molar-refractivity contribution in [1.29, 1.82) is 0 Å². The first-order valence-corrected chi connectivity index (χ1v) is 8.31. The molecule has 2 nitrogen and oxygen atoms in total. The number of halogens is 1. The van der Waals surface area contributed by atoms with Gasteiger partial charge in [-0.1, -0.05) is 6.92 Å². The Morgan fingerprint density at radius 2 is 1.89 bits per heavy atom. The summed E-state index contributed by atoms with van der Waals surface area (Å²) >= 11 is 6.22. The number of nitrogens with one attached hydrogen (secondary N) is 1. The number of nitrogens with zero attached hydrogens (tertiary/aromatic N) is 1. The third kappa shape index (κ3) is 4.11. The van der Waals surface area contributed by atoms with Crippen LogP contribution in [-0.4, -0.2) is 42.5 Å². The van der Waals surface area contributed by atoms with E-state index in [1.165, 1.54) is 64.6 Å². The Morgan fingerprint density at radius 1 is 1.22 bits per heavy atom. The van der Waals surface area contributed by atoms with Gasteiger partial charge in [0.05, 0.1) is 0 Å². The van der Waals surface area contributed by atoms with E-state index in [2.05, 4.69) is 17.1 Å². The molecule has 1 heterocycles. The second-order valence-corrected chi connectivity index (χ2v) is 6.69. The van der Waals surface area contributed by atoms with Crippen LogP contribution in [0.5, 0.6) is 0 Å². The van der Waals surface area contributed by atoms with Gasteiger partial charge in [-0.05, 0) is 77.0 Å². The molecule has 1 aliphatic heterocycles. The summed E-state index contributed by atoms with van der Waals surface area (Å²) in [5, 5.41) is 3.77. The summed E-state index contributed by atoms with van der Waals surface area (Å²) in [6.45, 7) is 7.40. The molecule has 2 fully saturated rings. The lowest BCUT2D eigenvalue weighted by Gasteiger charge is -2.39. The van der Waals surface area contributed by atoms with Crippen molar-refractivity contribution in [2.75, 3.05) is 32.1 Å². The second kappa shape index (κ2) is 7.12. The van der Waals surface area contributed by atoms with Crippen molar-refractivity contribution in [3.63, 3.8) is 0 Å². The lowest BCUT2D eigenvalue weighted by Crippen LogP contribution is -2.50. The van der Waals surface area contributed by atoms with Crippen LogP contribution in [0.2, 0.25) is 0 Å². The van der Waals surface area contributed by atoms with Crippen molar-refractivity contribution in [2.45, 2.75) is 57.4 Å². The zero-order chi connectivity index (χ0) is 12.8. The van der Waals surface area contributed by atoms with Gasteiger partial charge in [0.2, 0.25) is 0 Å². The van der Waals surface area contributed by atoms with E-state index in [4.69, 9.17) is 11.6 Å². The number of alkyl halides is 1. The molecule has 1 saturated carbocycles. The number of hydrogen-bond donors (Lipinski definition) is 1. The highest BCUT2D eigenvalue weighted by atomic mass is 35.5. The minimum Gasteiger partial charge on any atom is -0.310 e. The fourth-order valence-corrected chi connectivity index (χ4v) is 3.70. The van der Waals surface area contributed by atoms with Gasteiger partial charge >= 0.3 is 0 Å². The first-order valence-electron chi connectivity index (χ1n) is 7.77. The van der Waals surface area contributed by atoms with E-state index in [0.717, 1.165) is 18.3 Å². The molecule has 2 rings (SSSR count). The molecular formula is C15H29ClN2. The van der Waals surface area contributed by atoms with Crippen molar-refractivity contribution in [1.82, 2.24) is 10.2 Å². The quantitative estimate of drug-likeness (QED) is 0.590. The molecule has 0 bridgehead atoms. The molecule has 0 radical (unpaired) electrons. The normalized spacial score (nSPS) is 34.0. The van der Waals surface area contributed by atoms with Gasteiger partial charge in [-0.2, -0.15) is 0 Å². The van der Waals surface area contributed by atoms with Crippen LogP contribution in [0.4, 0.5) is 0 Å². The summed E-state index contributed by atoms with van der Waals surface area (Å²) in [6.07, 6.45) is 9.28. The fourth-order valence-electron chi connectivity index (χ4n) is 3.33. The van der Waals surface area contributed by atoms with Crippen molar-refractivity contribution < 1.29 is 0 Å². The van der Waals surface area contributed by atoms with Gasteiger partial charge in [-0.25, -0.2) is 0 Å². The van der Waals surface area contributed by atoms with E-state index in [9.17, 15) is 0 Å². The predicted octanol–water partition coefficient (Wildman–Crippen LogP) is 3.25. The topological polar surface area (TPSA) is 15.3 Å². The van der Waals surface area contributed by atoms with E-state index < -0.39 is 0 Å². The van der Waals surface area contributed by atoms with Gasteiger partial charge in [-0.3, -0.25) is 0 Å². The molecule has 0 unspecified atom stereocenters. The Labute approximate surface area is 117 Å². The molecule has 2 aliphatic rings. The largest absolute Gasteiger partial charge is 0.310 e. The van der Waals surface area contributed by atoms with Crippen LogP contribution in [0, 0.1) is 5.92 Å². The Morgan fingerprint density at radius 3 is 2.50 bits per heavy atom. The molecule has 1 N–H and O–H groups in total. The molecule has 18 heavy (non-hydrogen) atoms. The second-order valence-electron chi connectivity index (χ2n) is 6.43. The molecule has 1 aliphatic carbocycles. The fraction of sp³-hybridized carbons (Fsp3) is 1.00. The van der Waals surface area contributed by atoms with Crippen molar-refractivity contribution in [3.8, 4) is 0 Å². The van der Waals surface area contributed by atoms with Crippen LogP contribution < -0.4 is 5.32 Å². The number of likely N-dealkylation sites (tertiary alicyclic amines) is 1. The van der Waals surface area contributed by atoms with Gasteiger partial charge in [0.25, 0.3) is 0 Å². The van der Waals surface area contributed by atoms with E-state index >= 15 is 0 Å². The van der Waals surface area contributed by atoms with Crippen LogP contribution in [0.1, 0.15) is 51.9 Å². The van der Waals surface area contributed by atoms with Crippen molar-refractivity contribution >= 4 is 11.6 Å². The highest BCUT2D eigenvalue weighted by molar-refractivity contribution is 6.18. The smallest absolute Gasteiger partial charge is 0.0406 e. The maximum Gasteiger partial charge on any atom is 0.0406 e.